The highest BCUT2D eigenvalue weighted by atomic mass is 16.3. The zero-order valence-corrected chi connectivity index (χ0v) is 14.3. The minimum absolute atomic E-state index is 0.0122. The summed E-state index contributed by atoms with van der Waals surface area (Å²) in [4.78, 5) is 40.3. The van der Waals surface area contributed by atoms with Gasteiger partial charge in [-0.05, 0) is 37.3 Å². The van der Waals surface area contributed by atoms with Crippen molar-refractivity contribution in [2.24, 2.45) is 0 Å². The Bertz CT molecular complexity index is 1210. The number of furan rings is 1. The molecule has 134 valence electrons. The van der Waals surface area contributed by atoms with Crippen molar-refractivity contribution in [2.75, 3.05) is 5.32 Å². The van der Waals surface area contributed by atoms with Crippen LogP contribution in [-0.4, -0.2) is 21.7 Å². The Labute approximate surface area is 153 Å². The van der Waals surface area contributed by atoms with Crippen molar-refractivity contribution < 1.29 is 14.0 Å². The first-order valence-corrected chi connectivity index (χ1v) is 8.24. The highest BCUT2D eigenvalue weighted by Gasteiger charge is 2.13. The molecular formula is C20H15N3O4. The van der Waals surface area contributed by atoms with E-state index in [4.69, 9.17) is 4.42 Å². The molecule has 0 saturated carbocycles. The molecule has 0 saturated heterocycles. The fourth-order valence-corrected chi connectivity index (χ4v) is 2.79. The quantitative estimate of drug-likeness (QED) is 0.483. The zero-order valence-electron chi connectivity index (χ0n) is 14.3. The number of aromatic amines is 2. The summed E-state index contributed by atoms with van der Waals surface area (Å²) in [6.07, 6.45) is 0. The van der Waals surface area contributed by atoms with Crippen LogP contribution in [-0.2, 0) is 0 Å². The summed E-state index contributed by atoms with van der Waals surface area (Å²) in [6.45, 7) is 1.50. The van der Waals surface area contributed by atoms with Gasteiger partial charge in [-0.15, -0.1) is 0 Å². The van der Waals surface area contributed by atoms with Crippen LogP contribution in [0.15, 0.2) is 63.8 Å². The molecule has 0 aliphatic rings. The minimum atomic E-state index is -0.404. The molecule has 0 aliphatic carbocycles. The van der Waals surface area contributed by atoms with Crippen molar-refractivity contribution >= 4 is 28.4 Å². The Balaban J connectivity index is 1.53. The van der Waals surface area contributed by atoms with E-state index in [-0.39, 0.29) is 17.2 Å². The monoisotopic (exact) mass is 361 g/mol. The summed E-state index contributed by atoms with van der Waals surface area (Å²) in [6, 6.07) is 15.3. The Morgan fingerprint density at radius 3 is 2.41 bits per heavy atom. The number of imidazole rings is 1. The fraction of sp³-hybridized carbons (Fsp3) is 0.0500. The summed E-state index contributed by atoms with van der Waals surface area (Å²) < 4.78 is 5.63. The van der Waals surface area contributed by atoms with E-state index in [1.807, 2.05) is 0 Å². The van der Waals surface area contributed by atoms with Crippen LogP contribution in [0.4, 0.5) is 5.69 Å². The predicted molar refractivity (Wildman–Crippen MR) is 101 cm³/mol. The SMILES string of the molecule is CC(=O)c1ccc(-c2ccc(C(=O)Nc3ccc4[nH]c(=O)[nH]c4c3)o2)cc1. The number of anilines is 1. The summed E-state index contributed by atoms with van der Waals surface area (Å²) in [5.41, 5.74) is 2.87. The molecule has 27 heavy (non-hydrogen) atoms. The normalized spacial score (nSPS) is 10.9. The van der Waals surface area contributed by atoms with Crippen molar-refractivity contribution in [2.45, 2.75) is 6.92 Å². The van der Waals surface area contributed by atoms with E-state index < -0.39 is 5.91 Å². The van der Waals surface area contributed by atoms with Gasteiger partial charge in [0.2, 0.25) is 0 Å². The van der Waals surface area contributed by atoms with Gasteiger partial charge in [-0.2, -0.15) is 0 Å². The molecule has 0 fully saturated rings. The summed E-state index contributed by atoms with van der Waals surface area (Å²) in [5, 5.41) is 2.74. The Kier molecular flexibility index (Phi) is 3.97. The summed E-state index contributed by atoms with van der Waals surface area (Å²) >= 11 is 0. The van der Waals surface area contributed by atoms with Crippen molar-refractivity contribution in [3.63, 3.8) is 0 Å². The number of ketones is 1. The maximum atomic E-state index is 12.4. The standard InChI is InChI=1S/C20H15N3O4/c1-11(24)12-2-4-13(5-3-12)17-8-9-18(27-17)19(25)21-14-6-7-15-16(10-14)23-20(26)22-15/h2-10H,1H3,(H,21,25)(H2,22,23,26). The molecule has 0 aliphatic heterocycles. The van der Waals surface area contributed by atoms with E-state index in [0.29, 0.717) is 28.0 Å². The fourth-order valence-electron chi connectivity index (χ4n) is 2.79. The van der Waals surface area contributed by atoms with E-state index in [1.54, 1.807) is 54.6 Å². The highest BCUT2D eigenvalue weighted by Crippen LogP contribution is 2.24. The lowest BCUT2D eigenvalue weighted by Crippen LogP contribution is -2.10. The van der Waals surface area contributed by atoms with Gasteiger partial charge in [0.15, 0.2) is 11.5 Å². The third-order valence-corrected chi connectivity index (χ3v) is 4.18. The molecular weight excluding hydrogens is 346 g/mol. The van der Waals surface area contributed by atoms with Crippen LogP contribution >= 0.6 is 0 Å². The minimum Gasteiger partial charge on any atom is -0.451 e. The number of amides is 1. The van der Waals surface area contributed by atoms with Crippen LogP contribution in [0.5, 0.6) is 0 Å². The summed E-state index contributed by atoms with van der Waals surface area (Å²) in [5.74, 6) is 0.268. The second-order valence-corrected chi connectivity index (χ2v) is 6.09. The van der Waals surface area contributed by atoms with Gasteiger partial charge in [-0.3, -0.25) is 9.59 Å². The Morgan fingerprint density at radius 2 is 1.67 bits per heavy atom. The number of hydrogen-bond acceptors (Lipinski definition) is 4. The topological polar surface area (TPSA) is 108 Å². The number of fused-ring (bicyclic) bond motifs is 1. The Hall–Kier alpha value is -3.87. The van der Waals surface area contributed by atoms with Gasteiger partial charge in [0.1, 0.15) is 5.76 Å². The van der Waals surface area contributed by atoms with Crippen molar-refractivity contribution in [3.8, 4) is 11.3 Å². The number of Topliss-reactive ketones (excluding diaryl/α,β-unsaturated/α-hetero) is 1. The molecule has 7 nitrogen and oxygen atoms in total. The van der Waals surface area contributed by atoms with Crippen LogP contribution in [0.1, 0.15) is 27.8 Å². The van der Waals surface area contributed by atoms with Gasteiger partial charge in [0.25, 0.3) is 5.91 Å². The molecule has 0 bridgehead atoms. The van der Waals surface area contributed by atoms with E-state index >= 15 is 0 Å². The number of aromatic nitrogens is 2. The molecule has 4 rings (SSSR count). The first kappa shape index (κ1) is 16.6. The number of nitrogens with one attached hydrogen (secondary N) is 3. The lowest BCUT2D eigenvalue weighted by atomic mass is 10.1. The van der Waals surface area contributed by atoms with E-state index in [0.717, 1.165) is 5.56 Å². The number of rotatable bonds is 4. The number of benzene rings is 2. The van der Waals surface area contributed by atoms with Crippen LogP contribution in [0.2, 0.25) is 0 Å². The van der Waals surface area contributed by atoms with E-state index in [1.165, 1.54) is 6.92 Å². The predicted octanol–water partition coefficient (Wildman–Crippen LogP) is 3.57. The first-order chi connectivity index (χ1) is 13.0. The third-order valence-electron chi connectivity index (χ3n) is 4.18. The number of H-pyrrole nitrogens is 2. The highest BCUT2D eigenvalue weighted by molar-refractivity contribution is 6.03. The third kappa shape index (κ3) is 3.30. The molecule has 2 aromatic heterocycles. The molecule has 2 aromatic carbocycles. The van der Waals surface area contributed by atoms with Crippen LogP contribution in [0.3, 0.4) is 0 Å². The van der Waals surface area contributed by atoms with Gasteiger partial charge in [-0.25, -0.2) is 4.79 Å². The largest absolute Gasteiger partial charge is 0.451 e. The molecule has 0 atom stereocenters. The van der Waals surface area contributed by atoms with Gasteiger partial charge in [0, 0.05) is 16.8 Å². The number of carbonyl (C=O) groups excluding carboxylic acids is 2. The van der Waals surface area contributed by atoms with Crippen molar-refractivity contribution in [1.29, 1.82) is 0 Å². The van der Waals surface area contributed by atoms with Gasteiger partial charge in [-0.1, -0.05) is 24.3 Å². The second kappa shape index (κ2) is 6.45. The second-order valence-electron chi connectivity index (χ2n) is 6.09. The average Bonchev–Trinajstić information content (AvgIpc) is 3.27. The molecule has 0 radical (unpaired) electrons. The lowest BCUT2D eigenvalue weighted by molar-refractivity contribution is 0.0994. The molecule has 3 N–H and O–H groups in total. The van der Waals surface area contributed by atoms with E-state index in [9.17, 15) is 14.4 Å². The smallest absolute Gasteiger partial charge is 0.323 e. The summed E-state index contributed by atoms with van der Waals surface area (Å²) in [7, 11) is 0. The van der Waals surface area contributed by atoms with Crippen LogP contribution in [0.25, 0.3) is 22.4 Å². The van der Waals surface area contributed by atoms with Gasteiger partial charge >= 0.3 is 5.69 Å². The zero-order chi connectivity index (χ0) is 19.0. The lowest BCUT2D eigenvalue weighted by Gasteiger charge is -2.03. The maximum absolute atomic E-state index is 12.4. The van der Waals surface area contributed by atoms with Crippen LogP contribution in [0, 0.1) is 0 Å². The number of carbonyl (C=O) groups is 2. The average molecular weight is 361 g/mol. The Morgan fingerprint density at radius 1 is 0.926 bits per heavy atom. The van der Waals surface area contributed by atoms with Gasteiger partial charge in [0.05, 0.1) is 11.0 Å². The maximum Gasteiger partial charge on any atom is 0.323 e. The molecule has 0 unspecified atom stereocenters. The van der Waals surface area contributed by atoms with E-state index in [2.05, 4.69) is 15.3 Å². The van der Waals surface area contributed by atoms with Crippen molar-refractivity contribution in [3.05, 3.63) is 76.4 Å². The van der Waals surface area contributed by atoms with Crippen LogP contribution < -0.4 is 11.0 Å². The molecule has 7 heteroatoms. The molecule has 2 heterocycles. The molecule has 1 amide bonds. The van der Waals surface area contributed by atoms with Crippen molar-refractivity contribution in [1.82, 2.24) is 9.97 Å². The number of hydrogen-bond donors (Lipinski definition) is 3. The first-order valence-electron chi connectivity index (χ1n) is 8.24. The van der Waals surface area contributed by atoms with Gasteiger partial charge < -0.3 is 19.7 Å². The molecule has 0 spiro atoms. The molecule has 4 aromatic rings.